The molecule has 2 aliphatic rings. The maximum Gasteiger partial charge on any atom is 0.0483 e. The number of aliphatic hydroxyl groups excluding tert-OH is 1. The zero-order valence-electron chi connectivity index (χ0n) is 12.8. The Bertz CT molecular complexity index is 363. The molecule has 2 aliphatic heterocycles. The molecule has 20 heavy (non-hydrogen) atoms. The summed E-state index contributed by atoms with van der Waals surface area (Å²) in [5.74, 6) is 0.900. The molecule has 0 bridgehead atoms. The topological polar surface area (TPSA) is 35.5 Å². The molecule has 2 atom stereocenters. The van der Waals surface area contributed by atoms with Gasteiger partial charge in [0.15, 0.2) is 0 Å². The highest BCUT2D eigenvalue weighted by atomic mass is 16.3. The fraction of sp³-hybridized carbons (Fsp3) is 0.647. The molecule has 1 aromatic carbocycles. The second-order valence-corrected chi connectivity index (χ2v) is 6.24. The van der Waals surface area contributed by atoms with Gasteiger partial charge in [-0.15, -0.1) is 0 Å². The highest BCUT2D eigenvalue weighted by Gasteiger charge is 2.33. The number of piperidine rings is 1. The number of hydrogen-bond acceptors (Lipinski definition) is 3. The molecule has 0 unspecified atom stereocenters. The minimum Gasteiger partial charge on any atom is -0.394 e. The van der Waals surface area contributed by atoms with Crippen LogP contribution >= 0.6 is 0 Å². The van der Waals surface area contributed by atoms with Crippen LogP contribution in [0.4, 0.5) is 0 Å². The van der Waals surface area contributed by atoms with Crippen LogP contribution in [0.25, 0.3) is 0 Å². The van der Waals surface area contributed by atoms with Crippen LogP contribution in [0, 0.1) is 5.92 Å². The van der Waals surface area contributed by atoms with Crippen molar-refractivity contribution in [3.8, 4) is 0 Å². The first-order valence-electron chi connectivity index (χ1n) is 7.83. The molecule has 2 N–H and O–H groups in total. The quantitative estimate of drug-likeness (QED) is 0.870. The van der Waals surface area contributed by atoms with Gasteiger partial charge in [-0.3, -0.25) is 4.90 Å². The summed E-state index contributed by atoms with van der Waals surface area (Å²) in [5, 5.41) is 11.7. The van der Waals surface area contributed by atoms with Crippen molar-refractivity contribution in [2.45, 2.75) is 45.4 Å². The summed E-state index contributed by atoms with van der Waals surface area (Å²) in [6, 6.07) is 11.6. The van der Waals surface area contributed by atoms with E-state index in [1.807, 2.05) is 0 Å². The van der Waals surface area contributed by atoms with Crippen LogP contribution in [-0.4, -0.2) is 41.8 Å². The average molecular weight is 276 g/mol. The van der Waals surface area contributed by atoms with Crippen LogP contribution in [0.5, 0.6) is 0 Å². The molecule has 2 fully saturated rings. The number of fused-ring (bicyclic) bond motifs is 1. The normalized spacial score (nSPS) is 26.0. The van der Waals surface area contributed by atoms with E-state index in [0.717, 1.165) is 18.5 Å². The number of rotatable bonds is 2. The maximum absolute atomic E-state index is 8.06. The molecule has 0 amide bonds. The summed E-state index contributed by atoms with van der Waals surface area (Å²) in [4.78, 5) is 2.60. The Morgan fingerprint density at radius 1 is 1.25 bits per heavy atom. The lowest BCUT2D eigenvalue weighted by molar-refractivity contribution is 0.216. The summed E-state index contributed by atoms with van der Waals surface area (Å²) in [5.41, 5.74) is 1.45. The largest absolute Gasteiger partial charge is 0.394 e. The van der Waals surface area contributed by atoms with Crippen molar-refractivity contribution in [2.24, 2.45) is 5.92 Å². The van der Waals surface area contributed by atoms with E-state index in [4.69, 9.17) is 5.11 Å². The molecular formula is C17H28N2O. The second-order valence-electron chi connectivity index (χ2n) is 6.24. The van der Waals surface area contributed by atoms with Crippen LogP contribution in [-0.2, 0) is 6.54 Å². The van der Waals surface area contributed by atoms with Crippen molar-refractivity contribution >= 4 is 0 Å². The number of likely N-dealkylation sites (tertiary alicyclic amines) is 1. The minimum atomic E-state index is -0.167. The van der Waals surface area contributed by atoms with Crippen molar-refractivity contribution in [1.82, 2.24) is 10.2 Å². The second kappa shape index (κ2) is 7.77. The molecule has 112 valence electrons. The van der Waals surface area contributed by atoms with E-state index < -0.39 is 0 Å². The van der Waals surface area contributed by atoms with Crippen molar-refractivity contribution in [2.75, 3.05) is 19.6 Å². The van der Waals surface area contributed by atoms with Crippen molar-refractivity contribution in [3.63, 3.8) is 0 Å². The first-order valence-corrected chi connectivity index (χ1v) is 7.83. The highest BCUT2D eigenvalue weighted by Crippen LogP contribution is 2.25. The van der Waals surface area contributed by atoms with Crippen LogP contribution < -0.4 is 5.32 Å². The Morgan fingerprint density at radius 2 is 1.95 bits per heavy atom. The van der Waals surface area contributed by atoms with E-state index >= 15 is 0 Å². The van der Waals surface area contributed by atoms with Gasteiger partial charge in [0.2, 0.25) is 0 Å². The molecule has 3 nitrogen and oxygen atoms in total. The maximum atomic E-state index is 8.06. The van der Waals surface area contributed by atoms with Gasteiger partial charge in [0, 0.05) is 31.8 Å². The zero-order chi connectivity index (χ0) is 14.4. The molecular weight excluding hydrogens is 248 g/mol. The molecule has 2 saturated heterocycles. The van der Waals surface area contributed by atoms with Crippen LogP contribution in [0.2, 0.25) is 0 Å². The molecule has 1 aromatic rings. The number of benzene rings is 1. The zero-order valence-corrected chi connectivity index (χ0v) is 12.8. The van der Waals surface area contributed by atoms with Gasteiger partial charge in [-0.05, 0) is 44.7 Å². The van der Waals surface area contributed by atoms with E-state index in [1.165, 1.54) is 38.0 Å². The Kier molecular flexibility index (Phi) is 6.02. The van der Waals surface area contributed by atoms with Crippen LogP contribution in [0.3, 0.4) is 0 Å². The van der Waals surface area contributed by atoms with Gasteiger partial charge in [-0.2, -0.15) is 0 Å². The Balaban J connectivity index is 0.000000328. The Labute approximate surface area is 123 Å². The average Bonchev–Trinajstić information content (AvgIpc) is 2.81. The van der Waals surface area contributed by atoms with E-state index in [1.54, 1.807) is 13.8 Å². The lowest BCUT2D eigenvalue weighted by Gasteiger charge is -2.24. The standard InChI is InChI=1S/C14H20N2.C3H8O/c1-2-5-12(6-3-1)9-16-10-13-7-4-8-15-14(13)11-16;1-3(2)4/h1-3,5-6,13-15H,4,7-11H2;3-4H,1-2H3/t13-,14+;/m0./s1. The van der Waals surface area contributed by atoms with Gasteiger partial charge in [0.05, 0.1) is 0 Å². The third kappa shape index (κ3) is 4.89. The Morgan fingerprint density at radius 3 is 2.60 bits per heavy atom. The minimum absolute atomic E-state index is 0.167. The fourth-order valence-electron chi connectivity index (χ4n) is 3.11. The molecule has 0 spiro atoms. The summed E-state index contributed by atoms with van der Waals surface area (Å²) in [6.45, 7) is 8.31. The summed E-state index contributed by atoms with van der Waals surface area (Å²) < 4.78 is 0. The van der Waals surface area contributed by atoms with E-state index in [9.17, 15) is 0 Å². The molecule has 0 aliphatic carbocycles. The lowest BCUT2D eigenvalue weighted by atomic mass is 9.94. The van der Waals surface area contributed by atoms with E-state index in [-0.39, 0.29) is 6.10 Å². The van der Waals surface area contributed by atoms with Crippen molar-refractivity contribution in [1.29, 1.82) is 0 Å². The smallest absolute Gasteiger partial charge is 0.0483 e. The monoisotopic (exact) mass is 276 g/mol. The Hall–Kier alpha value is -0.900. The molecule has 3 rings (SSSR count). The highest BCUT2D eigenvalue weighted by molar-refractivity contribution is 5.15. The van der Waals surface area contributed by atoms with Gasteiger partial charge in [0.1, 0.15) is 0 Å². The van der Waals surface area contributed by atoms with Gasteiger partial charge in [-0.25, -0.2) is 0 Å². The van der Waals surface area contributed by atoms with Crippen LogP contribution in [0.1, 0.15) is 32.3 Å². The fourth-order valence-corrected chi connectivity index (χ4v) is 3.11. The van der Waals surface area contributed by atoms with Crippen molar-refractivity contribution < 1.29 is 5.11 Å². The number of nitrogens with zero attached hydrogens (tertiary/aromatic N) is 1. The first kappa shape index (κ1) is 15.5. The van der Waals surface area contributed by atoms with E-state index in [2.05, 4.69) is 40.5 Å². The summed E-state index contributed by atoms with van der Waals surface area (Å²) >= 11 is 0. The van der Waals surface area contributed by atoms with Gasteiger partial charge in [-0.1, -0.05) is 30.3 Å². The van der Waals surface area contributed by atoms with Crippen LogP contribution in [0.15, 0.2) is 30.3 Å². The lowest BCUT2D eigenvalue weighted by Crippen LogP contribution is -2.40. The first-order chi connectivity index (χ1) is 9.65. The van der Waals surface area contributed by atoms with Gasteiger partial charge >= 0.3 is 0 Å². The summed E-state index contributed by atoms with van der Waals surface area (Å²) in [6.07, 6.45) is 2.61. The SMILES string of the molecule is CC(C)O.c1ccc(CN2C[C@@H]3CCCN[C@@H]3C2)cc1. The predicted molar refractivity (Wildman–Crippen MR) is 83.6 cm³/mol. The molecule has 2 heterocycles. The third-order valence-corrected chi connectivity index (χ3v) is 3.92. The third-order valence-electron chi connectivity index (χ3n) is 3.92. The number of aliphatic hydroxyl groups is 1. The molecule has 0 radical (unpaired) electrons. The van der Waals surface area contributed by atoms with E-state index in [0.29, 0.717) is 0 Å². The summed E-state index contributed by atoms with van der Waals surface area (Å²) in [7, 11) is 0. The van der Waals surface area contributed by atoms with Crippen molar-refractivity contribution in [3.05, 3.63) is 35.9 Å². The molecule has 3 heteroatoms. The predicted octanol–water partition coefficient (Wildman–Crippen LogP) is 2.26. The van der Waals surface area contributed by atoms with Gasteiger partial charge in [0.25, 0.3) is 0 Å². The molecule has 0 saturated carbocycles. The number of hydrogen-bond donors (Lipinski definition) is 2. The number of nitrogens with one attached hydrogen (secondary N) is 1. The molecule has 0 aromatic heterocycles. The van der Waals surface area contributed by atoms with Gasteiger partial charge < -0.3 is 10.4 Å².